The Balaban J connectivity index is 1.38. The molecule has 23 heavy (non-hydrogen) atoms. The highest BCUT2D eigenvalue weighted by Gasteiger charge is 2.39. The Hall–Kier alpha value is -1.79. The zero-order chi connectivity index (χ0) is 15.8. The van der Waals surface area contributed by atoms with Crippen molar-refractivity contribution in [1.29, 1.82) is 0 Å². The van der Waals surface area contributed by atoms with Gasteiger partial charge in [-0.3, -0.25) is 4.79 Å². The van der Waals surface area contributed by atoms with Crippen LogP contribution >= 0.6 is 11.8 Å². The van der Waals surface area contributed by atoms with Gasteiger partial charge in [0, 0.05) is 28.6 Å². The summed E-state index contributed by atoms with van der Waals surface area (Å²) in [5, 5.41) is 7.73. The molecule has 0 saturated carbocycles. The molecule has 2 aromatic rings. The second-order valence-electron chi connectivity index (χ2n) is 6.32. The topological polar surface area (TPSA) is 69.8 Å². The Labute approximate surface area is 139 Å². The Kier molecular flexibility index (Phi) is 3.87. The molecule has 1 aromatic carbocycles. The number of imidazole rings is 1. The van der Waals surface area contributed by atoms with Crippen LogP contribution < -0.4 is 10.6 Å². The van der Waals surface area contributed by atoms with Crippen molar-refractivity contribution in [2.24, 2.45) is 0 Å². The molecule has 6 heteroatoms. The summed E-state index contributed by atoms with van der Waals surface area (Å²) in [7, 11) is 0. The molecular weight excluding hydrogens is 308 g/mol. The number of benzene rings is 1. The van der Waals surface area contributed by atoms with E-state index in [2.05, 4.69) is 20.6 Å². The van der Waals surface area contributed by atoms with Crippen LogP contribution in [0.5, 0.6) is 0 Å². The van der Waals surface area contributed by atoms with Crippen molar-refractivity contribution in [3.63, 3.8) is 0 Å². The van der Waals surface area contributed by atoms with Gasteiger partial charge in [-0.25, -0.2) is 4.98 Å². The van der Waals surface area contributed by atoms with Crippen LogP contribution in [0.1, 0.15) is 35.4 Å². The first kappa shape index (κ1) is 14.8. The number of aromatic amines is 1. The second kappa shape index (κ2) is 6.02. The van der Waals surface area contributed by atoms with Gasteiger partial charge in [-0.15, -0.1) is 0 Å². The van der Waals surface area contributed by atoms with E-state index in [0.717, 1.165) is 27.7 Å². The van der Waals surface area contributed by atoms with Crippen LogP contribution in [-0.4, -0.2) is 34.0 Å². The molecule has 4 rings (SSSR count). The van der Waals surface area contributed by atoms with E-state index < -0.39 is 0 Å². The Morgan fingerprint density at radius 2 is 2.13 bits per heavy atom. The fourth-order valence-corrected chi connectivity index (χ4v) is 4.32. The van der Waals surface area contributed by atoms with Crippen molar-refractivity contribution in [3.05, 3.63) is 41.9 Å². The van der Waals surface area contributed by atoms with Gasteiger partial charge in [0.05, 0.1) is 11.2 Å². The molecule has 5 nitrogen and oxygen atoms in total. The van der Waals surface area contributed by atoms with Gasteiger partial charge in [-0.05, 0) is 50.5 Å². The number of carbonyl (C=O) groups is 1. The SMILES string of the molecule is Cc1ncc(Sc2ccc(C(=O)N[C@@H]3C[C@H]4CC[C@@H]3N4)cc2)[nH]1. The number of carbonyl (C=O) groups excluding carboxylic acids is 1. The molecule has 2 aliphatic rings. The van der Waals surface area contributed by atoms with Crippen molar-refractivity contribution in [1.82, 2.24) is 20.6 Å². The lowest BCUT2D eigenvalue weighted by atomic mass is 9.95. The second-order valence-corrected chi connectivity index (χ2v) is 7.44. The summed E-state index contributed by atoms with van der Waals surface area (Å²) in [6, 6.07) is 9.08. The molecule has 2 aliphatic heterocycles. The zero-order valence-electron chi connectivity index (χ0n) is 13.0. The van der Waals surface area contributed by atoms with Gasteiger partial charge in [0.25, 0.3) is 5.91 Å². The van der Waals surface area contributed by atoms with E-state index in [0.29, 0.717) is 12.1 Å². The number of hydrogen-bond acceptors (Lipinski definition) is 4. The first-order chi connectivity index (χ1) is 11.2. The normalized spacial score (nSPS) is 25.7. The van der Waals surface area contributed by atoms with Gasteiger partial charge < -0.3 is 15.6 Å². The number of aromatic nitrogens is 2. The molecule has 0 spiro atoms. The van der Waals surface area contributed by atoms with Crippen LogP contribution in [0.3, 0.4) is 0 Å². The molecule has 0 aliphatic carbocycles. The molecule has 2 saturated heterocycles. The number of H-pyrrole nitrogens is 1. The molecule has 0 radical (unpaired) electrons. The number of amides is 1. The Morgan fingerprint density at radius 3 is 2.74 bits per heavy atom. The molecule has 1 aromatic heterocycles. The van der Waals surface area contributed by atoms with Crippen molar-refractivity contribution < 1.29 is 4.79 Å². The molecule has 2 bridgehead atoms. The van der Waals surface area contributed by atoms with Crippen LogP contribution in [0.15, 0.2) is 40.4 Å². The van der Waals surface area contributed by atoms with E-state index in [1.165, 1.54) is 12.8 Å². The summed E-state index contributed by atoms with van der Waals surface area (Å²) < 4.78 is 0. The van der Waals surface area contributed by atoms with Crippen LogP contribution in [-0.2, 0) is 0 Å². The third kappa shape index (κ3) is 3.14. The highest BCUT2D eigenvalue weighted by molar-refractivity contribution is 7.99. The maximum absolute atomic E-state index is 12.4. The minimum atomic E-state index is 0.0262. The first-order valence-electron chi connectivity index (χ1n) is 8.04. The zero-order valence-corrected chi connectivity index (χ0v) is 13.8. The summed E-state index contributed by atoms with van der Waals surface area (Å²) in [5.74, 6) is 0.932. The van der Waals surface area contributed by atoms with Crippen LogP contribution in [0, 0.1) is 6.92 Å². The van der Waals surface area contributed by atoms with E-state index in [1.54, 1.807) is 11.8 Å². The van der Waals surface area contributed by atoms with Gasteiger partial charge in [0.1, 0.15) is 5.82 Å². The van der Waals surface area contributed by atoms with E-state index in [9.17, 15) is 4.79 Å². The maximum atomic E-state index is 12.4. The van der Waals surface area contributed by atoms with Gasteiger partial charge >= 0.3 is 0 Å². The lowest BCUT2D eigenvalue weighted by molar-refractivity contribution is 0.0931. The molecule has 0 unspecified atom stereocenters. The minimum absolute atomic E-state index is 0.0262. The number of hydrogen-bond donors (Lipinski definition) is 3. The average Bonchev–Trinajstić information content (AvgIpc) is 3.25. The summed E-state index contributed by atoms with van der Waals surface area (Å²) in [6.07, 6.45) is 5.30. The first-order valence-corrected chi connectivity index (χ1v) is 8.85. The summed E-state index contributed by atoms with van der Waals surface area (Å²) >= 11 is 1.61. The molecule has 3 heterocycles. The van der Waals surface area contributed by atoms with Gasteiger partial charge in [-0.1, -0.05) is 11.8 Å². The number of nitrogens with one attached hydrogen (secondary N) is 3. The third-order valence-electron chi connectivity index (χ3n) is 4.64. The third-order valence-corrected chi connectivity index (χ3v) is 5.58. The predicted octanol–water partition coefficient (Wildman–Crippen LogP) is 2.49. The van der Waals surface area contributed by atoms with E-state index in [1.807, 2.05) is 37.4 Å². The van der Waals surface area contributed by atoms with E-state index in [-0.39, 0.29) is 11.9 Å². The lowest BCUT2D eigenvalue weighted by Gasteiger charge is -2.21. The van der Waals surface area contributed by atoms with Gasteiger partial charge in [0.2, 0.25) is 0 Å². The molecule has 3 N–H and O–H groups in total. The Bertz CT molecular complexity index is 712. The van der Waals surface area contributed by atoms with Crippen LogP contribution in [0.25, 0.3) is 0 Å². The predicted molar refractivity (Wildman–Crippen MR) is 89.7 cm³/mol. The monoisotopic (exact) mass is 328 g/mol. The van der Waals surface area contributed by atoms with E-state index >= 15 is 0 Å². The van der Waals surface area contributed by atoms with Crippen LogP contribution in [0.2, 0.25) is 0 Å². The molecular formula is C17H20N4OS. The van der Waals surface area contributed by atoms with E-state index in [4.69, 9.17) is 0 Å². The Morgan fingerprint density at radius 1 is 1.30 bits per heavy atom. The number of nitrogens with zero attached hydrogens (tertiary/aromatic N) is 1. The smallest absolute Gasteiger partial charge is 0.251 e. The summed E-state index contributed by atoms with van der Waals surface area (Å²) in [5.41, 5.74) is 0.720. The molecule has 1 amide bonds. The van der Waals surface area contributed by atoms with Gasteiger partial charge in [-0.2, -0.15) is 0 Å². The van der Waals surface area contributed by atoms with Crippen LogP contribution in [0.4, 0.5) is 0 Å². The molecule has 2 fully saturated rings. The minimum Gasteiger partial charge on any atom is -0.348 e. The highest BCUT2D eigenvalue weighted by Crippen LogP contribution is 2.29. The molecule has 3 atom stereocenters. The summed E-state index contributed by atoms with van der Waals surface area (Å²) in [6.45, 7) is 1.93. The fraction of sp³-hybridized carbons (Fsp3) is 0.412. The number of aryl methyl sites for hydroxylation is 1. The maximum Gasteiger partial charge on any atom is 0.251 e. The lowest BCUT2D eigenvalue weighted by Crippen LogP contribution is -2.42. The summed E-state index contributed by atoms with van der Waals surface area (Å²) in [4.78, 5) is 20.9. The van der Waals surface area contributed by atoms with Crippen molar-refractivity contribution in [3.8, 4) is 0 Å². The molecule has 120 valence electrons. The standard InChI is InChI=1S/C17H20N4OS/c1-10-18-9-16(19-10)23-13-5-2-11(3-6-13)17(22)21-15-8-12-4-7-14(15)20-12/h2-3,5-6,9,12,14-15,20H,4,7-8H2,1H3,(H,18,19)(H,21,22)/t12-,14+,15-/m1/s1. The highest BCUT2D eigenvalue weighted by atomic mass is 32.2. The van der Waals surface area contributed by atoms with Crippen molar-refractivity contribution in [2.75, 3.05) is 0 Å². The number of fused-ring (bicyclic) bond motifs is 2. The average molecular weight is 328 g/mol. The number of rotatable bonds is 4. The van der Waals surface area contributed by atoms with Gasteiger partial charge in [0.15, 0.2) is 0 Å². The van der Waals surface area contributed by atoms with Crippen molar-refractivity contribution in [2.45, 2.75) is 54.2 Å². The quantitative estimate of drug-likeness (QED) is 0.806. The van der Waals surface area contributed by atoms with Crippen molar-refractivity contribution >= 4 is 17.7 Å². The largest absolute Gasteiger partial charge is 0.348 e. The fourth-order valence-electron chi connectivity index (χ4n) is 3.49.